The molecule has 1 aromatic heterocycles. The molecular formula is C24H21F2N5O3. The minimum atomic E-state index is -0.929. The fourth-order valence-electron chi connectivity index (χ4n) is 4.64. The van der Waals surface area contributed by atoms with Crippen LogP contribution in [0.3, 0.4) is 0 Å². The molecule has 5 rings (SSSR count). The van der Waals surface area contributed by atoms with E-state index in [1.54, 1.807) is 11.0 Å². The Morgan fingerprint density at radius 3 is 2.41 bits per heavy atom. The number of aromatic nitrogens is 2. The minimum absolute atomic E-state index is 0.00186. The van der Waals surface area contributed by atoms with Gasteiger partial charge in [0.05, 0.1) is 0 Å². The van der Waals surface area contributed by atoms with Crippen LogP contribution in [-0.4, -0.2) is 40.6 Å². The number of rotatable bonds is 4. The first-order valence-electron chi connectivity index (χ1n) is 10.9. The molecule has 3 amide bonds. The maximum atomic E-state index is 14.6. The molecule has 174 valence electrons. The van der Waals surface area contributed by atoms with Crippen molar-refractivity contribution in [3.63, 3.8) is 0 Å². The lowest BCUT2D eigenvalue weighted by Gasteiger charge is -2.29. The molecule has 0 unspecified atom stereocenters. The third-order valence-electron chi connectivity index (χ3n) is 6.24. The second-order valence-electron chi connectivity index (χ2n) is 8.37. The summed E-state index contributed by atoms with van der Waals surface area (Å²) in [5, 5.41) is 4.11. The van der Waals surface area contributed by atoms with Gasteiger partial charge in [-0.05, 0) is 55.7 Å². The molecule has 2 aliphatic heterocycles. The van der Waals surface area contributed by atoms with Crippen LogP contribution < -0.4 is 15.5 Å². The molecule has 0 saturated carbocycles. The van der Waals surface area contributed by atoms with Gasteiger partial charge in [-0.1, -0.05) is 0 Å². The summed E-state index contributed by atoms with van der Waals surface area (Å²) in [6.07, 6.45) is 1.59. The lowest BCUT2D eigenvalue weighted by molar-refractivity contribution is -0.117. The van der Waals surface area contributed by atoms with Crippen LogP contribution in [0.5, 0.6) is 0 Å². The van der Waals surface area contributed by atoms with Crippen molar-refractivity contribution in [3.05, 3.63) is 70.5 Å². The van der Waals surface area contributed by atoms with Crippen LogP contribution in [0.25, 0.3) is 5.69 Å². The van der Waals surface area contributed by atoms with E-state index in [0.717, 1.165) is 34.5 Å². The lowest BCUT2D eigenvalue weighted by atomic mass is 10.0. The SMILES string of the molecule is Cc1cc(N2CCc3c(C(N)=O)nn(-c4ccc(F)cc4F)c3C2=O)ccc1N1CCCC1=O. The number of hydrogen-bond acceptors (Lipinski definition) is 4. The first kappa shape index (κ1) is 21.7. The Morgan fingerprint density at radius 2 is 1.76 bits per heavy atom. The van der Waals surface area contributed by atoms with Crippen LogP contribution in [-0.2, 0) is 11.2 Å². The lowest BCUT2D eigenvalue weighted by Crippen LogP contribution is -2.39. The fourth-order valence-corrected chi connectivity index (χ4v) is 4.64. The Hall–Kier alpha value is -4.08. The van der Waals surface area contributed by atoms with E-state index >= 15 is 0 Å². The van der Waals surface area contributed by atoms with Crippen LogP contribution >= 0.6 is 0 Å². The van der Waals surface area contributed by atoms with Gasteiger partial charge in [-0.3, -0.25) is 14.4 Å². The van der Waals surface area contributed by atoms with E-state index in [4.69, 9.17) is 5.73 Å². The van der Waals surface area contributed by atoms with Crippen molar-refractivity contribution >= 4 is 29.1 Å². The molecule has 3 aromatic rings. The molecule has 2 aromatic carbocycles. The zero-order chi connectivity index (χ0) is 24.1. The van der Waals surface area contributed by atoms with Gasteiger partial charge in [-0.15, -0.1) is 0 Å². The van der Waals surface area contributed by atoms with E-state index in [1.165, 1.54) is 4.90 Å². The first-order chi connectivity index (χ1) is 16.3. The van der Waals surface area contributed by atoms with Crippen LogP contribution in [0.15, 0.2) is 36.4 Å². The van der Waals surface area contributed by atoms with Crippen LogP contribution in [0.1, 0.15) is 44.9 Å². The Labute approximate surface area is 193 Å². The van der Waals surface area contributed by atoms with Crippen molar-refractivity contribution in [2.45, 2.75) is 26.2 Å². The summed E-state index contributed by atoms with van der Waals surface area (Å²) < 4.78 is 29.0. The number of benzene rings is 2. The quantitative estimate of drug-likeness (QED) is 0.640. The molecule has 1 saturated heterocycles. The highest BCUT2D eigenvalue weighted by Crippen LogP contribution is 2.33. The van der Waals surface area contributed by atoms with Crippen molar-refractivity contribution in [2.24, 2.45) is 5.73 Å². The van der Waals surface area contributed by atoms with Gasteiger partial charge in [0, 0.05) is 42.5 Å². The van der Waals surface area contributed by atoms with Gasteiger partial charge >= 0.3 is 0 Å². The molecular weight excluding hydrogens is 444 g/mol. The first-order valence-corrected chi connectivity index (χ1v) is 10.9. The number of amides is 3. The molecule has 0 radical (unpaired) electrons. The van der Waals surface area contributed by atoms with E-state index in [-0.39, 0.29) is 35.9 Å². The number of anilines is 2. The second-order valence-corrected chi connectivity index (χ2v) is 8.37. The number of halogens is 2. The summed E-state index contributed by atoms with van der Waals surface area (Å²) in [5.74, 6) is -2.97. The predicted octanol–water partition coefficient (Wildman–Crippen LogP) is 2.89. The van der Waals surface area contributed by atoms with Gasteiger partial charge in [-0.2, -0.15) is 5.10 Å². The van der Waals surface area contributed by atoms with Gasteiger partial charge in [0.25, 0.3) is 11.8 Å². The highest BCUT2D eigenvalue weighted by molar-refractivity contribution is 6.09. The number of carbonyl (C=O) groups is 3. The zero-order valence-electron chi connectivity index (χ0n) is 18.3. The molecule has 3 heterocycles. The molecule has 1 fully saturated rings. The molecule has 0 spiro atoms. The number of fused-ring (bicyclic) bond motifs is 1. The van der Waals surface area contributed by atoms with E-state index in [2.05, 4.69) is 5.10 Å². The Morgan fingerprint density at radius 1 is 1.00 bits per heavy atom. The zero-order valence-corrected chi connectivity index (χ0v) is 18.3. The van der Waals surface area contributed by atoms with Crippen molar-refractivity contribution < 1.29 is 23.2 Å². The maximum Gasteiger partial charge on any atom is 0.277 e. The molecule has 34 heavy (non-hydrogen) atoms. The number of primary amides is 1. The summed E-state index contributed by atoms with van der Waals surface area (Å²) >= 11 is 0. The van der Waals surface area contributed by atoms with Gasteiger partial charge in [0.2, 0.25) is 5.91 Å². The molecule has 0 bridgehead atoms. The molecule has 2 aliphatic rings. The average Bonchev–Trinajstić information content (AvgIpc) is 3.38. The van der Waals surface area contributed by atoms with Crippen molar-refractivity contribution in [3.8, 4) is 5.69 Å². The Balaban J connectivity index is 1.57. The third-order valence-corrected chi connectivity index (χ3v) is 6.24. The summed E-state index contributed by atoms with van der Waals surface area (Å²) in [7, 11) is 0. The van der Waals surface area contributed by atoms with Crippen LogP contribution in [0, 0.1) is 18.6 Å². The van der Waals surface area contributed by atoms with E-state index < -0.39 is 23.4 Å². The number of hydrogen-bond donors (Lipinski definition) is 1. The van der Waals surface area contributed by atoms with Gasteiger partial charge < -0.3 is 15.5 Å². The maximum absolute atomic E-state index is 14.6. The monoisotopic (exact) mass is 465 g/mol. The average molecular weight is 465 g/mol. The van der Waals surface area contributed by atoms with E-state index in [1.807, 2.05) is 19.1 Å². The third kappa shape index (κ3) is 3.42. The minimum Gasteiger partial charge on any atom is -0.364 e. The standard InChI is InChI=1S/C24H21F2N5O3/c1-13-11-15(5-7-18(13)30-9-2-3-20(30)32)29-10-8-16-21(23(27)33)28-31(22(16)24(29)34)19-6-4-14(25)12-17(19)26/h4-7,11-12H,2-3,8-10H2,1H3,(H2,27,33). The topological polar surface area (TPSA) is 102 Å². The predicted molar refractivity (Wildman–Crippen MR) is 120 cm³/mol. The van der Waals surface area contributed by atoms with Crippen molar-refractivity contribution in [1.82, 2.24) is 9.78 Å². The Kier molecular flexibility index (Phi) is 5.15. The van der Waals surface area contributed by atoms with Gasteiger partial charge in [-0.25, -0.2) is 13.5 Å². The van der Waals surface area contributed by atoms with Gasteiger partial charge in [0.15, 0.2) is 11.5 Å². The van der Waals surface area contributed by atoms with Gasteiger partial charge in [0.1, 0.15) is 17.2 Å². The number of nitrogens with zero attached hydrogens (tertiary/aromatic N) is 4. The molecule has 0 atom stereocenters. The van der Waals surface area contributed by atoms with Crippen LogP contribution in [0.2, 0.25) is 0 Å². The van der Waals surface area contributed by atoms with Crippen LogP contribution in [0.4, 0.5) is 20.2 Å². The smallest absolute Gasteiger partial charge is 0.277 e. The highest BCUT2D eigenvalue weighted by Gasteiger charge is 2.35. The largest absolute Gasteiger partial charge is 0.364 e. The molecule has 2 N–H and O–H groups in total. The highest BCUT2D eigenvalue weighted by atomic mass is 19.1. The Bertz CT molecular complexity index is 1370. The fraction of sp³-hybridized carbons (Fsp3) is 0.250. The van der Waals surface area contributed by atoms with Crippen molar-refractivity contribution in [1.29, 1.82) is 0 Å². The number of aryl methyl sites for hydroxylation is 1. The molecule has 0 aliphatic carbocycles. The number of carbonyl (C=O) groups excluding carboxylic acids is 3. The summed E-state index contributed by atoms with van der Waals surface area (Å²) in [5.41, 5.74) is 7.73. The van der Waals surface area contributed by atoms with E-state index in [0.29, 0.717) is 30.3 Å². The summed E-state index contributed by atoms with van der Waals surface area (Å²) in [4.78, 5) is 41.0. The van der Waals surface area contributed by atoms with E-state index in [9.17, 15) is 23.2 Å². The summed E-state index contributed by atoms with van der Waals surface area (Å²) in [6, 6.07) is 8.26. The number of nitrogens with two attached hydrogens (primary N) is 1. The van der Waals surface area contributed by atoms with Crippen molar-refractivity contribution in [2.75, 3.05) is 22.9 Å². The summed E-state index contributed by atoms with van der Waals surface area (Å²) in [6.45, 7) is 2.78. The second kappa shape index (κ2) is 8.05. The molecule has 10 heteroatoms. The normalized spacial score (nSPS) is 15.7. The molecule has 8 nitrogen and oxygen atoms in total.